The van der Waals surface area contributed by atoms with E-state index in [0.717, 1.165) is 0 Å². The first-order valence-corrected chi connectivity index (χ1v) is 11.1. The number of sulfonamides is 1. The Morgan fingerprint density at radius 3 is 2.63 bits per heavy atom. The fourth-order valence-corrected chi connectivity index (χ4v) is 4.81. The molecular weight excluding hydrogens is 386 g/mol. The molecular formula is C17H25N5O3S2. The number of thioether (sulfide) groups is 1. The SMILES string of the molecule is CCN(CC)S(=O)(=O)c1cccc(NC(=O)CSc2nncn2C(C)C)c1. The summed E-state index contributed by atoms with van der Waals surface area (Å²) in [5.41, 5.74) is 0.444. The van der Waals surface area contributed by atoms with Gasteiger partial charge in [0, 0.05) is 24.8 Å². The lowest BCUT2D eigenvalue weighted by atomic mass is 10.3. The van der Waals surface area contributed by atoms with Crippen molar-refractivity contribution in [1.82, 2.24) is 19.1 Å². The molecule has 2 aromatic rings. The Bertz CT molecular complexity index is 876. The fourth-order valence-electron chi connectivity index (χ4n) is 2.46. The van der Waals surface area contributed by atoms with Gasteiger partial charge >= 0.3 is 0 Å². The van der Waals surface area contributed by atoms with E-state index in [1.54, 1.807) is 32.3 Å². The summed E-state index contributed by atoms with van der Waals surface area (Å²) in [6.45, 7) is 8.38. The van der Waals surface area contributed by atoms with Crippen LogP contribution >= 0.6 is 11.8 Å². The molecule has 1 amide bonds. The first kappa shape index (κ1) is 21.4. The normalized spacial score (nSPS) is 11.9. The monoisotopic (exact) mass is 411 g/mol. The number of anilines is 1. The van der Waals surface area contributed by atoms with Crippen molar-refractivity contribution in [2.24, 2.45) is 0 Å². The first-order chi connectivity index (χ1) is 12.8. The van der Waals surface area contributed by atoms with Gasteiger partial charge in [-0.1, -0.05) is 31.7 Å². The maximum atomic E-state index is 12.6. The summed E-state index contributed by atoms with van der Waals surface area (Å²) in [6, 6.07) is 6.50. The molecule has 148 valence electrons. The molecule has 0 fully saturated rings. The Kier molecular flexibility index (Phi) is 7.40. The molecule has 27 heavy (non-hydrogen) atoms. The van der Waals surface area contributed by atoms with Gasteiger partial charge in [-0.25, -0.2) is 8.42 Å². The van der Waals surface area contributed by atoms with E-state index in [9.17, 15) is 13.2 Å². The van der Waals surface area contributed by atoms with Crippen LogP contribution in [0.1, 0.15) is 33.7 Å². The Balaban J connectivity index is 2.05. The van der Waals surface area contributed by atoms with Gasteiger partial charge < -0.3 is 9.88 Å². The molecule has 0 atom stereocenters. The molecule has 0 radical (unpaired) electrons. The van der Waals surface area contributed by atoms with Crippen molar-refractivity contribution in [1.29, 1.82) is 0 Å². The molecule has 0 saturated carbocycles. The number of benzene rings is 1. The van der Waals surface area contributed by atoms with Gasteiger partial charge in [0.2, 0.25) is 15.9 Å². The lowest BCUT2D eigenvalue weighted by Crippen LogP contribution is -2.30. The maximum Gasteiger partial charge on any atom is 0.243 e. The number of aromatic nitrogens is 3. The van der Waals surface area contributed by atoms with Crippen molar-refractivity contribution >= 4 is 33.4 Å². The van der Waals surface area contributed by atoms with Gasteiger partial charge in [-0.15, -0.1) is 10.2 Å². The second kappa shape index (κ2) is 9.34. The van der Waals surface area contributed by atoms with E-state index in [1.807, 2.05) is 18.4 Å². The van der Waals surface area contributed by atoms with Crippen LogP contribution in [0.5, 0.6) is 0 Å². The van der Waals surface area contributed by atoms with Crippen molar-refractivity contribution in [2.45, 2.75) is 43.8 Å². The highest BCUT2D eigenvalue weighted by molar-refractivity contribution is 7.99. The summed E-state index contributed by atoms with van der Waals surface area (Å²) in [5.74, 6) is -0.0889. The average Bonchev–Trinajstić information content (AvgIpc) is 3.10. The van der Waals surface area contributed by atoms with Gasteiger partial charge in [-0.05, 0) is 32.0 Å². The molecule has 1 aromatic carbocycles. The largest absolute Gasteiger partial charge is 0.325 e. The summed E-state index contributed by atoms with van der Waals surface area (Å²) in [4.78, 5) is 12.4. The van der Waals surface area contributed by atoms with Crippen LogP contribution in [-0.2, 0) is 14.8 Å². The van der Waals surface area contributed by atoms with Crippen LogP contribution in [-0.4, -0.2) is 52.2 Å². The minimum Gasteiger partial charge on any atom is -0.325 e. The van der Waals surface area contributed by atoms with Crippen molar-refractivity contribution in [3.8, 4) is 0 Å². The van der Waals surface area contributed by atoms with E-state index in [4.69, 9.17) is 0 Å². The second-order valence-electron chi connectivity index (χ2n) is 6.07. The highest BCUT2D eigenvalue weighted by atomic mass is 32.2. The predicted molar refractivity (Wildman–Crippen MR) is 106 cm³/mol. The molecule has 0 aliphatic heterocycles. The van der Waals surface area contributed by atoms with E-state index < -0.39 is 10.0 Å². The molecule has 0 unspecified atom stereocenters. The number of hydrogen-bond acceptors (Lipinski definition) is 6. The third-order valence-corrected chi connectivity index (χ3v) is 6.89. The highest BCUT2D eigenvalue weighted by Crippen LogP contribution is 2.21. The standard InChI is InChI=1S/C17H25N5O3S2/c1-5-21(6-2)27(24,25)15-9-7-8-14(10-15)19-16(23)11-26-17-20-18-12-22(17)13(3)4/h7-10,12-13H,5-6,11H2,1-4H3,(H,19,23). The third kappa shape index (κ3) is 5.30. The quantitative estimate of drug-likeness (QED) is 0.637. The Labute approximate surface area is 164 Å². The highest BCUT2D eigenvalue weighted by Gasteiger charge is 2.22. The summed E-state index contributed by atoms with van der Waals surface area (Å²) < 4.78 is 28.5. The number of carbonyl (C=O) groups is 1. The minimum atomic E-state index is -3.57. The molecule has 8 nitrogen and oxygen atoms in total. The topological polar surface area (TPSA) is 97.2 Å². The van der Waals surface area contributed by atoms with Crippen molar-refractivity contribution < 1.29 is 13.2 Å². The summed E-state index contributed by atoms with van der Waals surface area (Å²) >= 11 is 1.28. The van der Waals surface area contributed by atoms with Crippen molar-refractivity contribution in [2.75, 3.05) is 24.2 Å². The Hall–Kier alpha value is -1.91. The molecule has 0 saturated heterocycles. The number of nitrogens with zero attached hydrogens (tertiary/aromatic N) is 4. The van der Waals surface area contributed by atoms with Gasteiger partial charge in [-0.3, -0.25) is 4.79 Å². The fraction of sp³-hybridized carbons (Fsp3) is 0.471. The Morgan fingerprint density at radius 1 is 1.30 bits per heavy atom. The number of nitrogens with one attached hydrogen (secondary N) is 1. The van der Waals surface area contributed by atoms with E-state index in [1.165, 1.54) is 28.2 Å². The predicted octanol–water partition coefficient (Wildman–Crippen LogP) is 2.62. The van der Waals surface area contributed by atoms with Gasteiger partial charge in [0.15, 0.2) is 5.16 Å². The van der Waals surface area contributed by atoms with Gasteiger partial charge in [0.05, 0.1) is 10.6 Å². The van der Waals surface area contributed by atoms with Crippen LogP contribution in [0.4, 0.5) is 5.69 Å². The van der Waals surface area contributed by atoms with Crippen LogP contribution in [0.3, 0.4) is 0 Å². The molecule has 1 heterocycles. The minimum absolute atomic E-state index is 0.151. The van der Waals surface area contributed by atoms with Crippen LogP contribution < -0.4 is 5.32 Å². The number of carbonyl (C=O) groups excluding carboxylic acids is 1. The molecule has 1 aromatic heterocycles. The molecule has 10 heteroatoms. The van der Waals surface area contributed by atoms with E-state index in [2.05, 4.69) is 15.5 Å². The van der Waals surface area contributed by atoms with Crippen LogP contribution in [0.2, 0.25) is 0 Å². The van der Waals surface area contributed by atoms with E-state index in [0.29, 0.717) is 23.9 Å². The smallest absolute Gasteiger partial charge is 0.243 e. The summed E-state index contributed by atoms with van der Waals surface area (Å²) in [7, 11) is -3.57. The van der Waals surface area contributed by atoms with Gasteiger partial charge in [0.1, 0.15) is 6.33 Å². The van der Waals surface area contributed by atoms with E-state index in [-0.39, 0.29) is 22.6 Å². The zero-order chi connectivity index (χ0) is 20.0. The molecule has 2 rings (SSSR count). The number of rotatable bonds is 9. The first-order valence-electron chi connectivity index (χ1n) is 8.72. The van der Waals surface area contributed by atoms with Crippen LogP contribution in [0.15, 0.2) is 40.6 Å². The van der Waals surface area contributed by atoms with Crippen molar-refractivity contribution in [3.63, 3.8) is 0 Å². The second-order valence-corrected chi connectivity index (χ2v) is 8.95. The van der Waals surface area contributed by atoms with Crippen molar-refractivity contribution in [3.05, 3.63) is 30.6 Å². The van der Waals surface area contributed by atoms with Crippen LogP contribution in [0, 0.1) is 0 Å². The Morgan fingerprint density at radius 2 is 2.00 bits per heavy atom. The zero-order valence-corrected chi connectivity index (χ0v) is 17.5. The number of amides is 1. The number of hydrogen-bond donors (Lipinski definition) is 1. The summed E-state index contributed by atoms with van der Waals surface area (Å²) in [6.07, 6.45) is 1.63. The van der Waals surface area contributed by atoms with E-state index >= 15 is 0 Å². The van der Waals surface area contributed by atoms with Gasteiger partial charge in [0.25, 0.3) is 0 Å². The molecule has 0 aliphatic carbocycles. The zero-order valence-electron chi connectivity index (χ0n) is 15.9. The lowest BCUT2D eigenvalue weighted by Gasteiger charge is -2.18. The molecule has 0 spiro atoms. The lowest BCUT2D eigenvalue weighted by molar-refractivity contribution is -0.113. The molecule has 0 bridgehead atoms. The third-order valence-electron chi connectivity index (χ3n) is 3.89. The maximum absolute atomic E-state index is 12.6. The van der Waals surface area contributed by atoms with Gasteiger partial charge in [-0.2, -0.15) is 4.31 Å². The average molecular weight is 412 g/mol. The summed E-state index contributed by atoms with van der Waals surface area (Å²) in [5, 5.41) is 11.3. The van der Waals surface area contributed by atoms with Crippen LogP contribution in [0.25, 0.3) is 0 Å². The molecule has 1 N–H and O–H groups in total. The molecule has 0 aliphatic rings.